The molecule has 0 aliphatic heterocycles. The lowest BCUT2D eigenvalue weighted by molar-refractivity contribution is -0.149. The van der Waals surface area contributed by atoms with Crippen LogP contribution in [0.1, 0.15) is 32.5 Å². The molecule has 0 fully saturated rings. The first-order valence-corrected chi connectivity index (χ1v) is 6.77. The van der Waals surface area contributed by atoms with Gasteiger partial charge < -0.3 is 9.67 Å². The van der Waals surface area contributed by atoms with Crippen molar-refractivity contribution in [1.29, 1.82) is 0 Å². The van der Waals surface area contributed by atoms with Crippen LogP contribution in [0.2, 0.25) is 0 Å². The van der Waals surface area contributed by atoms with Crippen LogP contribution in [-0.2, 0) is 18.3 Å². The van der Waals surface area contributed by atoms with Crippen LogP contribution in [0.4, 0.5) is 4.39 Å². The van der Waals surface area contributed by atoms with E-state index >= 15 is 0 Å². The van der Waals surface area contributed by atoms with E-state index in [0.29, 0.717) is 30.6 Å². The molecule has 5 heteroatoms. The third kappa shape index (κ3) is 2.28. The van der Waals surface area contributed by atoms with Crippen molar-refractivity contribution in [2.24, 2.45) is 12.5 Å². The molecule has 0 unspecified atom stereocenters. The number of nitrogens with zero attached hydrogens (tertiary/aromatic N) is 2. The lowest BCUT2D eigenvalue weighted by Gasteiger charge is -2.26. The van der Waals surface area contributed by atoms with Crippen molar-refractivity contribution in [2.75, 3.05) is 0 Å². The third-order valence-electron chi connectivity index (χ3n) is 4.24. The van der Waals surface area contributed by atoms with Crippen molar-refractivity contribution < 1.29 is 14.3 Å². The van der Waals surface area contributed by atoms with Crippen LogP contribution >= 0.6 is 0 Å². The molecule has 1 heterocycles. The molecule has 1 aromatic carbocycles. The number of benzene rings is 1. The van der Waals surface area contributed by atoms with Gasteiger partial charge in [-0.25, -0.2) is 9.37 Å². The molecule has 0 aliphatic carbocycles. The number of aryl methyl sites for hydroxylation is 1. The number of carbonyl (C=O) groups is 1. The molecule has 2 aromatic rings. The molecule has 4 nitrogen and oxygen atoms in total. The lowest BCUT2D eigenvalue weighted by Crippen LogP contribution is -2.33. The summed E-state index contributed by atoms with van der Waals surface area (Å²) in [6, 6.07) is 4.43. The summed E-state index contributed by atoms with van der Waals surface area (Å²) in [4.78, 5) is 16.0. The first-order valence-electron chi connectivity index (χ1n) is 6.77. The van der Waals surface area contributed by atoms with Crippen molar-refractivity contribution >= 4 is 17.0 Å². The number of imidazole rings is 1. The number of fused-ring (bicyclic) bond motifs is 1. The van der Waals surface area contributed by atoms with E-state index in [2.05, 4.69) is 4.98 Å². The van der Waals surface area contributed by atoms with E-state index in [9.17, 15) is 14.3 Å². The minimum Gasteiger partial charge on any atom is -0.481 e. The second kappa shape index (κ2) is 5.23. The van der Waals surface area contributed by atoms with E-state index in [1.54, 1.807) is 6.07 Å². The molecule has 1 N–H and O–H groups in total. The van der Waals surface area contributed by atoms with Gasteiger partial charge in [0.15, 0.2) is 0 Å². The van der Waals surface area contributed by atoms with E-state index in [4.69, 9.17) is 0 Å². The molecule has 0 amide bonds. The summed E-state index contributed by atoms with van der Waals surface area (Å²) < 4.78 is 15.1. The second-order valence-electron chi connectivity index (χ2n) is 5.19. The van der Waals surface area contributed by atoms with Gasteiger partial charge >= 0.3 is 5.97 Å². The predicted octanol–water partition coefficient (Wildman–Crippen LogP) is 3.15. The monoisotopic (exact) mass is 278 g/mol. The summed E-state index contributed by atoms with van der Waals surface area (Å²) in [5.74, 6) is -0.463. The van der Waals surface area contributed by atoms with Gasteiger partial charge in [-0.15, -0.1) is 0 Å². The molecule has 0 spiro atoms. The topological polar surface area (TPSA) is 55.1 Å². The van der Waals surface area contributed by atoms with E-state index in [0.717, 1.165) is 5.52 Å². The van der Waals surface area contributed by atoms with Crippen LogP contribution in [0, 0.1) is 11.2 Å². The zero-order valence-corrected chi connectivity index (χ0v) is 12.0. The molecule has 0 bridgehead atoms. The van der Waals surface area contributed by atoms with Gasteiger partial charge in [0, 0.05) is 19.5 Å². The minimum absolute atomic E-state index is 0.336. The quantitative estimate of drug-likeness (QED) is 0.914. The van der Waals surface area contributed by atoms with E-state index in [1.165, 1.54) is 12.1 Å². The molecule has 1 aromatic heterocycles. The summed E-state index contributed by atoms with van der Waals surface area (Å²) >= 11 is 0. The van der Waals surface area contributed by atoms with Gasteiger partial charge in [0.2, 0.25) is 0 Å². The summed E-state index contributed by atoms with van der Waals surface area (Å²) in [6.07, 6.45) is 1.43. The Morgan fingerprint density at radius 3 is 2.60 bits per heavy atom. The average molecular weight is 278 g/mol. The van der Waals surface area contributed by atoms with E-state index < -0.39 is 11.4 Å². The van der Waals surface area contributed by atoms with Crippen molar-refractivity contribution in [1.82, 2.24) is 9.55 Å². The predicted molar refractivity (Wildman–Crippen MR) is 75.0 cm³/mol. The van der Waals surface area contributed by atoms with Gasteiger partial charge in [0.1, 0.15) is 11.6 Å². The molecule has 0 atom stereocenters. The normalized spacial score (nSPS) is 12.0. The molecule has 0 aliphatic rings. The summed E-state index contributed by atoms with van der Waals surface area (Å²) in [6.45, 7) is 3.75. The van der Waals surface area contributed by atoms with Crippen LogP contribution in [0.3, 0.4) is 0 Å². The van der Waals surface area contributed by atoms with Crippen molar-refractivity contribution in [3.63, 3.8) is 0 Å². The Kier molecular flexibility index (Phi) is 3.79. The molecule has 108 valence electrons. The molecular formula is C15H19FN2O2. The van der Waals surface area contributed by atoms with Crippen LogP contribution in [0.25, 0.3) is 11.0 Å². The van der Waals surface area contributed by atoms with E-state index in [-0.39, 0.29) is 5.82 Å². The fourth-order valence-corrected chi connectivity index (χ4v) is 2.56. The Bertz CT molecular complexity index is 645. The highest BCUT2D eigenvalue weighted by Gasteiger charge is 2.36. The maximum Gasteiger partial charge on any atom is 0.310 e. The number of hydrogen-bond donors (Lipinski definition) is 1. The zero-order valence-electron chi connectivity index (χ0n) is 12.0. The number of carboxylic acids is 1. The molecule has 2 rings (SSSR count). The van der Waals surface area contributed by atoms with Gasteiger partial charge in [-0.2, -0.15) is 0 Å². The second-order valence-corrected chi connectivity index (χ2v) is 5.19. The number of halogens is 1. The summed E-state index contributed by atoms with van der Waals surface area (Å²) in [5.41, 5.74) is 0.565. The Morgan fingerprint density at radius 2 is 2.05 bits per heavy atom. The average Bonchev–Trinajstić information content (AvgIpc) is 2.71. The minimum atomic E-state index is -0.812. The molecular weight excluding hydrogens is 259 g/mol. The lowest BCUT2D eigenvalue weighted by atomic mass is 9.79. The molecule has 0 saturated heterocycles. The zero-order chi connectivity index (χ0) is 14.9. The molecule has 0 radical (unpaired) electrons. The first-order chi connectivity index (χ1) is 9.43. The SMILES string of the molecule is CCC(CC)(Cc1nc2cc(F)ccc2n1C)C(=O)O. The van der Waals surface area contributed by atoms with Crippen LogP contribution < -0.4 is 0 Å². The fraction of sp³-hybridized carbons (Fsp3) is 0.467. The number of aliphatic carboxylic acids is 1. The number of carboxylic acid groups (broad SMARTS) is 1. The number of rotatable bonds is 5. The number of hydrogen-bond acceptors (Lipinski definition) is 2. The Labute approximate surface area is 117 Å². The third-order valence-corrected chi connectivity index (χ3v) is 4.24. The standard InChI is InChI=1S/C15H19FN2O2/c1-4-15(5-2,14(19)20)9-13-17-11-8-10(16)6-7-12(11)18(13)3/h6-8H,4-5,9H2,1-3H3,(H,19,20). The van der Waals surface area contributed by atoms with Gasteiger partial charge in [-0.3, -0.25) is 4.79 Å². The Morgan fingerprint density at radius 1 is 1.40 bits per heavy atom. The first kappa shape index (κ1) is 14.5. The fourth-order valence-electron chi connectivity index (χ4n) is 2.56. The van der Waals surface area contributed by atoms with E-state index in [1.807, 2.05) is 25.5 Å². The van der Waals surface area contributed by atoms with Gasteiger partial charge in [0.25, 0.3) is 0 Å². The maximum atomic E-state index is 13.2. The summed E-state index contributed by atoms with van der Waals surface area (Å²) in [7, 11) is 1.83. The van der Waals surface area contributed by atoms with Gasteiger partial charge in [-0.05, 0) is 25.0 Å². The van der Waals surface area contributed by atoms with Gasteiger partial charge in [0.05, 0.1) is 16.4 Å². The Balaban J connectivity index is 2.48. The van der Waals surface area contributed by atoms with Crippen LogP contribution in [-0.4, -0.2) is 20.6 Å². The highest BCUT2D eigenvalue weighted by molar-refractivity contribution is 5.77. The Hall–Kier alpha value is -1.91. The number of aromatic nitrogens is 2. The van der Waals surface area contributed by atoms with Crippen molar-refractivity contribution in [3.05, 3.63) is 29.8 Å². The summed E-state index contributed by atoms with van der Waals surface area (Å²) in [5, 5.41) is 9.50. The maximum absolute atomic E-state index is 13.2. The smallest absolute Gasteiger partial charge is 0.310 e. The molecule has 20 heavy (non-hydrogen) atoms. The van der Waals surface area contributed by atoms with Crippen LogP contribution in [0.5, 0.6) is 0 Å². The van der Waals surface area contributed by atoms with Gasteiger partial charge in [-0.1, -0.05) is 13.8 Å². The van der Waals surface area contributed by atoms with Crippen molar-refractivity contribution in [2.45, 2.75) is 33.1 Å². The molecule has 0 saturated carbocycles. The van der Waals surface area contributed by atoms with Crippen molar-refractivity contribution in [3.8, 4) is 0 Å². The highest BCUT2D eigenvalue weighted by atomic mass is 19.1. The van der Waals surface area contributed by atoms with Crippen LogP contribution in [0.15, 0.2) is 18.2 Å². The largest absolute Gasteiger partial charge is 0.481 e. The highest BCUT2D eigenvalue weighted by Crippen LogP contribution is 2.32.